The first-order valence-corrected chi connectivity index (χ1v) is 11.0. The standard InChI is InChI=1S/C24H40O6/c1-17(2)9-11-22(29-19(4)26)18(3)8-7-14-24(6)23(30-20(5)27)12-10-21(13-15-25)16-28-24/h9,13,18,22-23,25H,7-8,10-12,14-16H2,1-6H3/t18?,22?,23-,24+/m1/s1. The molecule has 1 fully saturated rings. The molecular formula is C24H40O6. The first-order valence-electron chi connectivity index (χ1n) is 11.0. The maximum Gasteiger partial charge on any atom is 0.303 e. The Hall–Kier alpha value is -1.66. The summed E-state index contributed by atoms with van der Waals surface area (Å²) in [6.07, 6.45) is 7.99. The van der Waals surface area contributed by atoms with Crippen molar-refractivity contribution in [1.82, 2.24) is 0 Å². The van der Waals surface area contributed by atoms with Crippen LogP contribution in [0.15, 0.2) is 23.3 Å². The summed E-state index contributed by atoms with van der Waals surface area (Å²) < 4.78 is 17.4. The minimum atomic E-state index is -0.590. The number of aliphatic hydroxyl groups is 1. The predicted molar refractivity (Wildman–Crippen MR) is 117 cm³/mol. The van der Waals surface area contributed by atoms with Crippen LogP contribution in [0.2, 0.25) is 0 Å². The van der Waals surface area contributed by atoms with E-state index in [1.165, 1.54) is 19.4 Å². The van der Waals surface area contributed by atoms with E-state index < -0.39 is 5.60 Å². The lowest BCUT2D eigenvalue weighted by Crippen LogP contribution is -2.43. The van der Waals surface area contributed by atoms with E-state index >= 15 is 0 Å². The molecule has 2 unspecified atom stereocenters. The van der Waals surface area contributed by atoms with Crippen molar-refractivity contribution in [3.63, 3.8) is 0 Å². The van der Waals surface area contributed by atoms with Crippen LogP contribution in [0.4, 0.5) is 0 Å². The van der Waals surface area contributed by atoms with E-state index in [1.54, 1.807) is 6.08 Å². The molecule has 0 spiro atoms. The number of rotatable bonds is 10. The van der Waals surface area contributed by atoms with Gasteiger partial charge in [-0.3, -0.25) is 9.59 Å². The lowest BCUT2D eigenvalue weighted by molar-refractivity contribution is -0.168. The molecule has 30 heavy (non-hydrogen) atoms. The summed E-state index contributed by atoms with van der Waals surface area (Å²) in [5, 5.41) is 9.19. The second-order valence-electron chi connectivity index (χ2n) is 8.82. The number of hydrogen-bond donors (Lipinski definition) is 1. The number of hydrogen-bond acceptors (Lipinski definition) is 6. The summed E-state index contributed by atoms with van der Waals surface area (Å²) in [5.41, 5.74) is 1.64. The zero-order valence-corrected chi connectivity index (χ0v) is 19.5. The molecule has 6 nitrogen and oxygen atoms in total. The van der Waals surface area contributed by atoms with Gasteiger partial charge in [0.25, 0.3) is 0 Å². The van der Waals surface area contributed by atoms with Gasteiger partial charge in [-0.1, -0.05) is 31.1 Å². The minimum Gasteiger partial charge on any atom is -0.462 e. The fourth-order valence-electron chi connectivity index (χ4n) is 3.87. The summed E-state index contributed by atoms with van der Waals surface area (Å²) in [7, 11) is 0. The Kier molecular flexibility index (Phi) is 11.3. The smallest absolute Gasteiger partial charge is 0.303 e. The van der Waals surface area contributed by atoms with E-state index in [0.717, 1.165) is 31.3 Å². The lowest BCUT2D eigenvalue weighted by Gasteiger charge is -2.35. The highest BCUT2D eigenvalue weighted by Crippen LogP contribution is 2.34. The zero-order valence-electron chi connectivity index (χ0n) is 19.5. The van der Waals surface area contributed by atoms with Gasteiger partial charge in [0, 0.05) is 20.3 Å². The molecule has 1 N–H and O–H groups in total. The third kappa shape index (κ3) is 9.43. The van der Waals surface area contributed by atoms with E-state index in [-0.39, 0.29) is 36.7 Å². The number of ether oxygens (including phenoxy) is 3. The minimum absolute atomic E-state index is 0.0195. The maximum atomic E-state index is 11.6. The van der Waals surface area contributed by atoms with Crippen LogP contribution in [0.25, 0.3) is 0 Å². The third-order valence-electron chi connectivity index (χ3n) is 5.73. The highest BCUT2D eigenvalue weighted by Gasteiger charge is 2.39. The van der Waals surface area contributed by atoms with Gasteiger partial charge in [-0.15, -0.1) is 0 Å². The fraction of sp³-hybridized carbons (Fsp3) is 0.750. The molecule has 0 aromatic rings. The van der Waals surface area contributed by atoms with Gasteiger partial charge in [-0.05, 0) is 57.9 Å². The first-order chi connectivity index (χ1) is 14.1. The molecule has 0 aliphatic carbocycles. The van der Waals surface area contributed by atoms with Crippen LogP contribution in [0, 0.1) is 5.92 Å². The van der Waals surface area contributed by atoms with Crippen molar-refractivity contribution >= 4 is 11.9 Å². The summed E-state index contributed by atoms with van der Waals surface area (Å²) in [6, 6.07) is 0. The van der Waals surface area contributed by atoms with E-state index in [9.17, 15) is 14.7 Å². The summed E-state index contributed by atoms with van der Waals surface area (Å²) in [5.74, 6) is -0.364. The zero-order chi connectivity index (χ0) is 22.7. The van der Waals surface area contributed by atoms with Gasteiger partial charge in [-0.25, -0.2) is 0 Å². The second kappa shape index (κ2) is 12.9. The van der Waals surface area contributed by atoms with Crippen molar-refractivity contribution in [2.24, 2.45) is 5.92 Å². The van der Waals surface area contributed by atoms with Crippen LogP contribution < -0.4 is 0 Å². The van der Waals surface area contributed by atoms with Crippen LogP contribution >= 0.6 is 0 Å². The molecule has 0 aromatic heterocycles. The molecule has 1 rings (SSSR count). The average molecular weight is 425 g/mol. The number of allylic oxidation sites excluding steroid dienone is 1. The van der Waals surface area contributed by atoms with Gasteiger partial charge in [0.05, 0.1) is 13.2 Å². The van der Waals surface area contributed by atoms with Crippen molar-refractivity contribution in [1.29, 1.82) is 0 Å². The van der Waals surface area contributed by atoms with Gasteiger partial charge < -0.3 is 19.3 Å². The predicted octanol–water partition coefficient (Wildman–Crippen LogP) is 4.50. The Morgan fingerprint density at radius 1 is 1.27 bits per heavy atom. The molecule has 0 aromatic carbocycles. The first kappa shape index (κ1) is 26.4. The topological polar surface area (TPSA) is 82.1 Å². The van der Waals surface area contributed by atoms with Crippen molar-refractivity contribution in [3.8, 4) is 0 Å². The molecule has 4 atom stereocenters. The van der Waals surface area contributed by atoms with Crippen molar-refractivity contribution in [2.45, 2.75) is 97.9 Å². The van der Waals surface area contributed by atoms with Gasteiger partial charge in [0.15, 0.2) is 0 Å². The van der Waals surface area contributed by atoms with Crippen LogP contribution in [-0.4, -0.2) is 48.1 Å². The van der Waals surface area contributed by atoms with Crippen LogP contribution in [0.1, 0.15) is 80.1 Å². The summed E-state index contributed by atoms with van der Waals surface area (Å²) in [6.45, 7) is 11.5. The Labute approximate surface area is 181 Å². The molecule has 0 amide bonds. The van der Waals surface area contributed by atoms with E-state index in [2.05, 4.69) is 13.0 Å². The SMILES string of the molecule is CC(=O)OC(CC=C(C)C)C(C)CCC[C@]1(C)OCC(=CCO)CC[C@H]1OC(C)=O. The van der Waals surface area contributed by atoms with Gasteiger partial charge in [0.1, 0.15) is 17.8 Å². The molecule has 172 valence electrons. The third-order valence-corrected chi connectivity index (χ3v) is 5.73. The Bertz CT molecular complexity index is 619. The average Bonchev–Trinajstić information content (AvgIpc) is 2.78. The number of aliphatic hydroxyl groups excluding tert-OH is 1. The normalized spacial score (nSPS) is 25.2. The van der Waals surface area contributed by atoms with E-state index in [1.807, 2.05) is 20.8 Å². The van der Waals surface area contributed by atoms with E-state index in [0.29, 0.717) is 19.4 Å². The van der Waals surface area contributed by atoms with Crippen LogP contribution in [0.3, 0.4) is 0 Å². The number of carbonyl (C=O) groups is 2. The molecule has 0 radical (unpaired) electrons. The molecule has 1 aliphatic heterocycles. The second-order valence-corrected chi connectivity index (χ2v) is 8.82. The summed E-state index contributed by atoms with van der Waals surface area (Å²) in [4.78, 5) is 23.1. The molecule has 6 heteroatoms. The quantitative estimate of drug-likeness (QED) is 0.411. The molecule has 0 saturated carbocycles. The highest BCUT2D eigenvalue weighted by molar-refractivity contribution is 5.66. The Balaban J connectivity index is 2.78. The maximum absolute atomic E-state index is 11.6. The Morgan fingerprint density at radius 2 is 1.97 bits per heavy atom. The lowest BCUT2D eigenvalue weighted by atomic mass is 9.86. The van der Waals surface area contributed by atoms with Gasteiger partial charge in [0.2, 0.25) is 0 Å². The van der Waals surface area contributed by atoms with Crippen molar-refractivity contribution < 1.29 is 28.9 Å². The molecule has 0 bridgehead atoms. The molecule has 1 saturated heterocycles. The van der Waals surface area contributed by atoms with Crippen LogP contribution in [0.5, 0.6) is 0 Å². The number of carbonyl (C=O) groups excluding carboxylic acids is 2. The van der Waals surface area contributed by atoms with Crippen LogP contribution in [-0.2, 0) is 23.8 Å². The molecule has 1 aliphatic rings. The van der Waals surface area contributed by atoms with Gasteiger partial charge >= 0.3 is 11.9 Å². The summed E-state index contributed by atoms with van der Waals surface area (Å²) >= 11 is 0. The Morgan fingerprint density at radius 3 is 2.53 bits per heavy atom. The molecule has 1 heterocycles. The highest BCUT2D eigenvalue weighted by atomic mass is 16.6. The fourth-order valence-corrected chi connectivity index (χ4v) is 3.87. The monoisotopic (exact) mass is 424 g/mol. The van der Waals surface area contributed by atoms with E-state index in [4.69, 9.17) is 14.2 Å². The van der Waals surface area contributed by atoms with Crippen molar-refractivity contribution in [3.05, 3.63) is 23.3 Å². The number of esters is 2. The molecular weight excluding hydrogens is 384 g/mol. The van der Waals surface area contributed by atoms with Gasteiger partial charge in [-0.2, -0.15) is 0 Å². The largest absolute Gasteiger partial charge is 0.462 e. The van der Waals surface area contributed by atoms with Crippen molar-refractivity contribution in [2.75, 3.05) is 13.2 Å².